The smallest absolute Gasteiger partial charge is 0.0585 e. The number of rotatable bonds is 7. The predicted octanol–water partition coefficient (Wildman–Crippen LogP) is 3.29. The van der Waals surface area contributed by atoms with Crippen molar-refractivity contribution in [2.45, 2.75) is 37.2 Å². The maximum absolute atomic E-state index is 9.23. The van der Waals surface area contributed by atoms with E-state index in [4.69, 9.17) is 0 Å². The normalized spacial score (nSPS) is 13.0. The lowest BCUT2D eigenvalue weighted by Gasteiger charge is -2.18. The Kier molecular flexibility index (Phi) is 7.19. The summed E-state index contributed by atoms with van der Waals surface area (Å²) in [5, 5.41) is 12.6. The summed E-state index contributed by atoms with van der Waals surface area (Å²) < 4.78 is 1.11. The molecule has 0 radical (unpaired) electrons. The van der Waals surface area contributed by atoms with Gasteiger partial charge in [0.15, 0.2) is 0 Å². The third-order valence-electron chi connectivity index (χ3n) is 2.34. The zero-order valence-corrected chi connectivity index (χ0v) is 12.7. The fourth-order valence-corrected chi connectivity index (χ4v) is 2.78. The molecule has 0 bridgehead atoms. The Bertz CT molecular complexity index is 316. The Balaban J connectivity index is 2.28. The summed E-state index contributed by atoms with van der Waals surface area (Å²) in [5.74, 6) is 1.02. The van der Waals surface area contributed by atoms with Crippen LogP contribution in [0.2, 0.25) is 0 Å². The van der Waals surface area contributed by atoms with E-state index >= 15 is 0 Å². The lowest BCUT2D eigenvalue weighted by atomic mass is 10.2. The lowest BCUT2D eigenvalue weighted by molar-refractivity contribution is 0.232. The summed E-state index contributed by atoms with van der Waals surface area (Å²) in [6.07, 6.45) is 0.982. The van der Waals surface area contributed by atoms with Crippen LogP contribution in [0.15, 0.2) is 33.6 Å². The highest BCUT2D eigenvalue weighted by molar-refractivity contribution is 9.10. The van der Waals surface area contributed by atoms with Crippen molar-refractivity contribution in [3.05, 3.63) is 28.7 Å². The van der Waals surface area contributed by atoms with Gasteiger partial charge in [-0.1, -0.05) is 29.8 Å². The number of halogens is 1. The Morgan fingerprint density at radius 2 is 1.94 bits per heavy atom. The van der Waals surface area contributed by atoms with Crippen LogP contribution in [-0.4, -0.2) is 29.5 Å². The fourth-order valence-electron chi connectivity index (χ4n) is 1.55. The van der Waals surface area contributed by atoms with Gasteiger partial charge < -0.3 is 10.4 Å². The second kappa shape index (κ2) is 8.14. The van der Waals surface area contributed by atoms with E-state index in [0.29, 0.717) is 6.04 Å². The van der Waals surface area contributed by atoms with Gasteiger partial charge in [-0.05, 0) is 36.4 Å². The minimum absolute atomic E-state index is 0.206. The van der Waals surface area contributed by atoms with Crippen LogP contribution in [0.3, 0.4) is 0 Å². The maximum atomic E-state index is 9.23. The van der Waals surface area contributed by atoms with E-state index in [1.54, 1.807) is 0 Å². The van der Waals surface area contributed by atoms with Crippen molar-refractivity contribution in [1.82, 2.24) is 5.32 Å². The molecule has 0 aromatic heterocycles. The van der Waals surface area contributed by atoms with Gasteiger partial charge in [0.25, 0.3) is 0 Å². The molecule has 0 saturated carbocycles. The van der Waals surface area contributed by atoms with Crippen molar-refractivity contribution in [3.8, 4) is 0 Å². The first kappa shape index (κ1) is 15.0. The molecule has 1 aromatic rings. The second-order valence-corrected chi connectivity index (χ2v) is 6.38. The van der Waals surface area contributed by atoms with E-state index in [2.05, 4.69) is 59.4 Å². The highest BCUT2D eigenvalue weighted by atomic mass is 79.9. The van der Waals surface area contributed by atoms with Crippen molar-refractivity contribution >= 4 is 27.7 Å². The van der Waals surface area contributed by atoms with Gasteiger partial charge in [-0.2, -0.15) is 0 Å². The summed E-state index contributed by atoms with van der Waals surface area (Å²) in [4.78, 5) is 1.27. The number of hydrogen-bond acceptors (Lipinski definition) is 3. The van der Waals surface area contributed by atoms with Crippen molar-refractivity contribution < 1.29 is 5.11 Å². The van der Waals surface area contributed by atoms with Gasteiger partial charge in [-0.15, -0.1) is 11.8 Å². The van der Waals surface area contributed by atoms with Crippen molar-refractivity contribution in [2.24, 2.45) is 0 Å². The number of nitrogens with one attached hydrogen (secondary N) is 1. The molecule has 96 valence electrons. The molecule has 1 atom stereocenters. The Labute approximate surface area is 116 Å². The Hall–Kier alpha value is -0.0300. The van der Waals surface area contributed by atoms with Crippen LogP contribution in [0.5, 0.6) is 0 Å². The third-order valence-corrected chi connectivity index (χ3v) is 3.91. The minimum Gasteiger partial charge on any atom is -0.395 e. The van der Waals surface area contributed by atoms with Gasteiger partial charge in [0.1, 0.15) is 0 Å². The Morgan fingerprint density at radius 3 is 2.47 bits per heavy atom. The monoisotopic (exact) mass is 317 g/mol. The Morgan fingerprint density at radius 1 is 1.29 bits per heavy atom. The molecular weight excluding hydrogens is 298 g/mol. The fraction of sp³-hybridized carbons (Fsp3) is 0.538. The molecular formula is C13H20BrNOS. The molecule has 1 unspecified atom stereocenters. The zero-order chi connectivity index (χ0) is 12.7. The molecule has 1 aromatic carbocycles. The molecule has 17 heavy (non-hydrogen) atoms. The second-order valence-electron chi connectivity index (χ2n) is 4.29. The maximum Gasteiger partial charge on any atom is 0.0585 e. The van der Waals surface area contributed by atoms with Gasteiger partial charge >= 0.3 is 0 Å². The van der Waals surface area contributed by atoms with E-state index in [0.717, 1.165) is 16.6 Å². The predicted molar refractivity (Wildman–Crippen MR) is 78.6 cm³/mol. The van der Waals surface area contributed by atoms with Crippen LogP contribution >= 0.6 is 27.7 Å². The number of thioether (sulfide) groups is 1. The van der Waals surface area contributed by atoms with Gasteiger partial charge in [-0.3, -0.25) is 0 Å². The average molecular weight is 318 g/mol. The molecule has 0 aliphatic rings. The van der Waals surface area contributed by atoms with Crippen LogP contribution in [0.1, 0.15) is 20.3 Å². The summed E-state index contributed by atoms with van der Waals surface area (Å²) >= 11 is 5.25. The van der Waals surface area contributed by atoms with Crippen LogP contribution in [-0.2, 0) is 0 Å². The van der Waals surface area contributed by atoms with Crippen LogP contribution in [0, 0.1) is 0 Å². The third kappa shape index (κ3) is 6.46. The summed E-state index contributed by atoms with van der Waals surface area (Å²) in [6.45, 7) is 4.41. The van der Waals surface area contributed by atoms with E-state index in [1.165, 1.54) is 4.90 Å². The molecule has 4 heteroatoms. The summed E-state index contributed by atoms with van der Waals surface area (Å²) in [5.41, 5.74) is 0. The van der Waals surface area contributed by atoms with Crippen LogP contribution < -0.4 is 5.32 Å². The molecule has 0 aliphatic heterocycles. The summed E-state index contributed by atoms with van der Waals surface area (Å²) in [7, 11) is 0. The molecule has 0 saturated heterocycles. The van der Waals surface area contributed by atoms with E-state index in [1.807, 2.05) is 11.8 Å². The zero-order valence-electron chi connectivity index (χ0n) is 10.3. The highest BCUT2D eigenvalue weighted by Gasteiger charge is 2.08. The first-order valence-electron chi connectivity index (χ1n) is 5.87. The quantitative estimate of drug-likeness (QED) is 0.757. The number of aliphatic hydroxyl groups is 1. The molecule has 2 N–H and O–H groups in total. The van der Waals surface area contributed by atoms with Crippen molar-refractivity contribution in [1.29, 1.82) is 0 Å². The minimum atomic E-state index is 0.206. The van der Waals surface area contributed by atoms with Gasteiger partial charge in [0, 0.05) is 21.5 Å². The summed E-state index contributed by atoms with van der Waals surface area (Å²) in [6, 6.07) is 8.95. The number of hydrogen-bond donors (Lipinski definition) is 2. The largest absolute Gasteiger partial charge is 0.395 e. The molecule has 2 nitrogen and oxygen atoms in total. The topological polar surface area (TPSA) is 32.3 Å². The van der Waals surface area contributed by atoms with Gasteiger partial charge in [-0.25, -0.2) is 0 Å². The van der Waals surface area contributed by atoms with Gasteiger partial charge in [0.05, 0.1) is 6.61 Å². The van der Waals surface area contributed by atoms with Crippen molar-refractivity contribution in [2.75, 3.05) is 12.4 Å². The van der Waals surface area contributed by atoms with Crippen LogP contribution in [0.25, 0.3) is 0 Å². The molecule has 1 rings (SSSR count). The number of benzene rings is 1. The lowest BCUT2D eigenvalue weighted by Crippen LogP contribution is -2.37. The standard InChI is InChI=1S/C13H20BrNOS/c1-10(2)15-12(9-16)7-8-17-13-5-3-11(14)4-6-13/h3-6,10,12,15-16H,7-9H2,1-2H3. The van der Waals surface area contributed by atoms with Crippen LogP contribution in [0.4, 0.5) is 0 Å². The first-order valence-corrected chi connectivity index (χ1v) is 7.65. The molecule has 0 amide bonds. The molecule has 0 spiro atoms. The van der Waals surface area contributed by atoms with Gasteiger partial charge in [0.2, 0.25) is 0 Å². The van der Waals surface area contributed by atoms with E-state index in [9.17, 15) is 5.11 Å². The number of aliphatic hydroxyl groups excluding tert-OH is 1. The molecule has 0 aliphatic carbocycles. The highest BCUT2D eigenvalue weighted by Crippen LogP contribution is 2.21. The van der Waals surface area contributed by atoms with E-state index < -0.39 is 0 Å². The van der Waals surface area contributed by atoms with E-state index in [-0.39, 0.29) is 12.6 Å². The molecule has 0 heterocycles. The first-order chi connectivity index (χ1) is 8.11. The average Bonchev–Trinajstić information content (AvgIpc) is 2.30. The molecule has 0 fully saturated rings. The van der Waals surface area contributed by atoms with Crippen molar-refractivity contribution in [3.63, 3.8) is 0 Å². The SMILES string of the molecule is CC(C)NC(CO)CCSc1ccc(Br)cc1.